The molecule has 0 radical (unpaired) electrons. The predicted octanol–water partition coefficient (Wildman–Crippen LogP) is 5.77. The van der Waals surface area contributed by atoms with Gasteiger partial charge in [0, 0.05) is 23.5 Å². The van der Waals surface area contributed by atoms with Gasteiger partial charge in [-0.1, -0.05) is 66.7 Å². The fourth-order valence-corrected chi connectivity index (χ4v) is 3.37. The maximum absolute atomic E-state index is 5.67. The molecule has 4 rings (SSSR count). The van der Waals surface area contributed by atoms with Crippen LogP contribution in [0.5, 0.6) is 5.75 Å². The quantitative estimate of drug-likeness (QED) is 0.476. The molecule has 0 aliphatic heterocycles. The van der Waals surface area contributed by atoms with Crippen LogP contribution in [-0.2, 0) is 0 Å². The molecule has 0 fully saturated rings. The number of benzene rings is 4. The van der Waals surface area contributed by atoms with Gasteiger partial charge in [0.15, 0.2) is 0 Å². The van der Waals surface area contributed by atoms with Gasteiger partial charge in [-0.25, -0.2) is 0 Å². The minimum Gasteiger partial charge on any atom is -0.495 e. The fourth-order valence-electron chi connectivity index (χ4n) is 3.37. The van der Waals surface area contributed by atoms with Crippen molar-refractivity contribution in [3.05, 3.63) is 78.9 Å². The molecule has 24 heavy (non-hydrogen) atoms. The van der Waals surface area contributed by atoms with Crippen LogP contribution in [0.25, 0.3) is 21.5 Å². The summed E-state index contributed by atoms with van der Waals surface area (Å²) < 4.78 is 5.67. The number of rotatable bonds is 3. The Labute approximate surface area is 141 Å². The maximum Gasteiger partial charge on any atom is 0.143 e. The Bertz CT molecular complexity index is 1020. The van der Waals surface area contributed by atoms with Gasteiger partial charge in [-0.05, 0) is 22.9 Å². The monoisotopic (exact) mass is 313 g/mol. The van der Waals surface area contributed by atoms with Gasteiger partial charge in [0.1, 0.15) is 5.75 Å². The Morgan fingerprint density at radius 1 is 0.667 bits per heavy atom. The van der Waals surface area contributed by atoms with Crippen molar-refractivity contribution in [3.63, 3.8) is 0 Å². The van der Waals surface area contributed by atoms with Crippen molar-refractivity contribution < 1.29 is 4.74 Å². The van der Waals surface area contributed by atoms with E-state index in [0.29, 0.717) is 0 Å². The molecule has 0 saturated heterocycles. The summed E-state index contributed by atoms with van der Waals surface area (Å²) in [4.78, 5) is 2.23. The zero-order chi connectivity index (χ0) is 16.5. The molecule has 0 bridgehead atoms. The van der Waals surface area contributed by atoms with Crippen LogP contribution in [0.2, 0.25) is 0 Å². The van der Waals surface area contributed by atoms with Gasteiger partial charge < -0.3 is 9.64 Å². The summed E-state index contributed by atoms with van der Waals surface area (Å²) in [6.45, 7) is 0. The third kappa shape index (κ3) is 2.28. The minimum absolute atomic E-state index is 0.879. The summed E-state index contributed by atoms with van der Waals surface area (Å²) in [5.41, 5.74) is 2.26. The Morgan fingerprint density at radius 3 is 2.04 bits per heavy atom. The highest BCUT2D eigenvalue weighted by molar-refractivity contribution is 6.03. The Morgan fingerprint density at radius 2 is 1.29 bits per heavy atom. The van der Waals surface area contributed by atoms with Crippen molar-refractivity contribution in [2.45, 2.75) is 0 Å². The number of methoxy groups -OCH3 is 1. The van der Waals surface area contributed by atoms with E-state index in [1.165, 1.54) is 27.2 Å². The molecule has 0 amide bonds. The van der Waals surface area contributed by atoms with Crippen molar-refractivity contribution in [1.82, 2.24) is 0 Å². The number of fused-ring (bicyclic) bond motifs is 2. The van der Waals surface area contributed by atoms with Gasteiger partial charge in [0.05, 0.1) is 12.8 Å². The van der Waals surface area contributed by atoms with Crippen LogP contribution in [0.4, 0.5) is 11.4 Å². The number of hydrogen-bond acceptors (Lipinski definition) is 2. The summed E-state index contributed by atoms with van der Waals surface area (Å²) >= 11 is 0. The molecule has 0 saturated carbocycles. The molecule has 4 aromatic rings. The number of hydrogen-bond donors (Lipinski definition) is 0. The lowest BCUT2D eigenvalue weighted by Gasteiger charge is -2.25. The maximum atomic E-state index is 5.67. The lowest BCUT2D eigenvalue weighted by molar-refractivity contribution is 0.416. The molecule has 118 valence electrons. The van der Waals surface area contributed by atoms with E-state index in [9.17, 15) is 0 Å². The molecule has 0 aliphatic rings. The van der Waals surface area contributed by atoms with Crippen molar-refractivity contribution in [2.75, 3.05) is 19.1 Å². The van der Waals surface area contributed by atoms with E-state index in [4.69, 9.17) is 4.74 Å². The third-order valence-corrected chi connectivity index (χ3v) is 4.55. The first-order valence-electron chi connectivity index (χ1n) is 8.07. The van der Waals surface area contributed by atoms with E-state index < -0.39 is 0 Å². The molecule has 0 atom stereocenters. The lowest BCUT2D eigenvalue weighted by atomic mass is 10.0. The second-order valence-electron chi connectivity index (χ2n) is 5.89. The first-order chi connectivity index (χ1) is 11.8. The highest BCUT2D eigenvalue weighted by atomic mass is 16.5. The van der Waals surface area contributed by atoms with Gasteiger partial charge in [-0.2, -0.15) is 0 Å². The Hall–Kier alpha value is -3.00. The average Bonchev–Trinajstić information content (AvgIpc) is 2.66. The molecule has 0 unspecified atom stereocenters. The minimum atomic E-state index is 0.879. The van der Waals surface area contributed by atoms with Crippen molar-refractivity contribution in [2.24, 2.45) is 0 Å². The smallest absolute Gasteiger partial charge is 0.143 e. The largest absolute Gasteiger partial charge is 0.495 e. The Balaban J connectivity index is 1.99. The van der Waals surface area contributed by atoms with E-state index in [1.807, 2.05) is 6.07 Å². The van der Waals surface area contributed by atoms with E-state index in [1.54, 1.807) is 7.11 Å². The molecule has 4 aromatic carbocycles. The summed E-state index contributed by atoms with van der Waals surface area (Å²) in [6, 6.07) is 27.4. The molecule has 0 N–H and O–H groups in total. The zero-order valence-corrected chi connectivity index (χ0v) is 13.9. The summed E-state index contributed by atoms with van der Waals surface area (Å²) in [7, 11) is 3.83. The first kappa shape index (κ1) is 14.6. The van der Waals surface area contributed by atoms with Gasteiger partial charge in [0.2, 0.25) is 0 Å². The van der Waals surface area contributed by atoms with Crippen LogP contribution >= 0.6 is 0 Å². The number of ether oxygens (including phenoxy) is 1. The van der Waals surface area contributed by atoms with Crippen LogP contribution in [0, 0.1) is 0 Å². The molecular weight excluding hydrogens is 294 g/mol. The molecule has 0 aromatic heterocycles. The van der Waals surface area contributed by atoms with Crippen molar-refractivity contribution >= 4 is 32.9 Å². The summed E-state index contributed by atoms with van der Waals surface area (Å²) in [5, 5.41) is 4.87. The normalized spacial score (nSPS) is 10.9. The van der Waals surface area contributed by atoms with E-state index in [0.717, 1.165) is 11.4 Å². The molecule has 2 heteroatoms. The summed E-state index contributed by atoms with van der Waals surface area (Å²) in [5.74, 6) is 0.879. The Kier molecular flexibility index (Phi) is 3.58. The van der Waals surface area contributed by atoms with Crippen LogP contribution < -0.4 is 9.64 Å². The standard InChI is InChI=1S/C22H19NO/c1-23(20-13-7-10-16-8-3-5-11-18(16)20)22-19-12-6-4-9-17(19)14-15-21(22)24-2/h3-15H,1-2H3. The number of nitrogens with zero attached hydrogens (tertiary/aromatic N) is 1. The average molecular weight is 313 g/mol. The number of anilines is 2. The fraction of sp³-hybridized carbons (Fsp3) is 0.0909. The van der Waals surface area contributed by atoms with E-state index in [2.05, 4.69) is 84.7 Å². The molecule has 2 nitrogen and oxygen atoms in total. The van der Waals surface area contributed by atoms with E-state index in [-0.39, 0.29) is 0 Å². The second-order valence-corrected chi connectivity index (χ2v) is 5.89. The highest BCUT2D eigenvalue weighted by Gasteiger charge is 2.15. The second kappa shape index (κ2) is 5.89. The van der Waals surface area contributed by atoms with Gasteiger partial charge >= 0.3 is 0 Å². The van der Waals surface area contributed by atoms with Crippen molar-refractivity contribution in [1.29, 1.82) is 0 Å². The van der Waals surface area contributed by atoms with Crippen LogP contribution in [0.15, 0.2) is 78.9 Å². The topological polar surface area (TPSA) is 12.5 Å². The predicted molar refractivity (Wildman–Crippen MR) is 103 cm³/mol. The van der Waals surface area contributed by atoms with Crippen molar-refractivity contribution in [3.8, 4) is 5.75 Å². The van der Waals surface area contributed by atoms with E-state index >= 15 is 0 Å². The van der Waals surface area contributed by atoms with Crippen LogP contribution in [0.3, 0.4) is 0 Å². The molecule has 0 aliphatic carbocycles. The summed E-state index contributed by atoms with van der Waals surface area (Å²) in [6.07, 6.45) is 0. The highest BCUT2D eigenvalue weighted by Crippen LogP contribution is 2.41. The van der Waals surface area contributed by atoms with Gasteiger partial charge in [-0.3, -0.25) is 0 Å². The molecule has 0 spiro atoms. The third-order valence-electron chi connectivity index (χ3n) is 4.55. The van der Waals surface area contributed by atoms with Crippen LogP contribution in [-0.4, -0.2) is 14.2 Å². The van der Waals surface area contributed by atoms with Gasteiger partial charge in [-0.15, -0.1) is 0 Å². The lowest BCUT2D eigenvalue weighted by Crippen LogP contribution is -2.11. The molecular formula is C22H19NO. The first-order valence-corrected chi connectivity index (χ1v) is 8.07. The zero-order valence-electron chi connectivity index (χ0n) is 13.9. The molecule has 0 heterocycles. The SMILES string of the molecule is COc1ccc2ccccc2c1N(C)c1cccc2ccccc12. The van der Waals surface area contributed by atoms with Gasteiger partial charge in [0.25, 0.3) is 0 Å². The van der Waals surface area contributed by atoms with Crippen LogP contribution in [0.1, 0.15) is 0 Å².